The number of aliphatic hydroxyl groups excluding tert-OH is 1. The molecule has 2 amide bonds. The van der Waals surface area contributed by atoms with Crippen LogP contribution in [-0.4, -0.2) is 53.4 Å². The number of benzene rings is 2. The van der Waals surface area contributed by atoms with E-state index in [0.717, 1.165) is 23.3 Å². The average Bonchev–Trinajstić information content (AvgIpc) is 3.27. The molecule has 2 aromatic carbocycles. The Hall–Kier alpha value is -3.75. The van der Waals surface area contributed by atoms with Crippen molar-refractivity contribution >= 4 is 17.5 Å². The first-order chi connectivity index (χ1) is 18.1. The number of anilines is 1. The van der Waals surface area contributed by atoms with Crippen molar-refractivity contribution in [3.63, 3.8) is 0 Å². The highest BCUT2D eigenvalue weighted by Crippen LogP contribution is 2.47. The third-order valence-corrected chi connectivity index (χ3v) is 6.89. The third-order valence-electron chi connectivity index (χ3n) is 6.89. The van der Waals surface area contributed by atoms with Crippen molar-refractivity contribution < 1.29 is 24.2 Å². The summed E-state index contributed by atoms with van der Waals surface area (Å²) < 4.78 is 12.2. The molecule has 0 spiro atoms. The van der Waals surface area contributed by atoms with Crippen LogP contribution >= 0.6 is 0 Å². The second-order valence-electron chi connectivity index (χ2n) is 9.53. The van der Waals surface area contributed by atoms with Crippen LogP contribution in [0.25, 0.3) is 0 Å². The van der Waals surface area contributed by atoms with Crippen molar-refractivity contribution in [3.8, 4) is 5.75 Å². The van der Waals surface area contributed by atoms with Crippen molar-refractivity contribution in [2.45, 2.75) is 49.9 Å². The number of fused-ring (bicyclic) bond motifs is 3. The van der Waals surface area contributed by atoms with E-state index >= 15 is 0 Å². The SMILES string of the molecule is O=C(C[C@@H]1C[C@@H]2c3cc(NC(=O)Cc4ccncc4)ccc3O[C@@H]2[C@H](CO)O1)NCCc1ccccc1. The second-order valence-corrected chi connectivity index (χ2v) is 9.53. The van der Waals surface area contributed by atoms with Crippen LogP contribution in [0.15, 0.2) is 73.1 Å². The molecule has 1 fully saturated rings. The third kappa shape index (κ3) is 6.15. The topological polar surface area (TPSA) is 110 Å². The number of ether oxygens (including phenoxy) is 2. The fourth-order valence-corrected chi connectivity index (χ4v) is 5.13. The maximum Gasteiger partial charge on any atom is 0.228 e. The molecule has 0 radical (unpaired) electrons. The summed E-state index contributed by atoms with van der Waals surface area (Å²) in [5.41, 5.74) is 3.70. The van der Waals surface area contributed by atoms with Crippen molar-refractivity contribution in [2.24, 2.45) is 0 Å². The van der Waals surface area contributed by atoms with Crippen LogP contribution in [0.2, 0.25) is 0 Å². The Morgan fingerprint density at radius 1 is 1.00 bits per heavy atom. The van der Waals surface area contributed by atoms with Gasteiger partial charge in [0.15, 0.2) is 0 Å². The summed E-state index contributed by atoms with van der Waals surface area (Å²) in [4.78, 5) is 29.2. The molecule has 0 aliphatic carbocycles. The molecule has 1 saturated heterocycles. The lowest BCUT2D eigenvalue weighted by Crippen LogP contribution is -2.47. The molecule has 0 saturated carbocycles. The highest BCUT2D eigenvalue weighted by molar-refractivity contribution is 5.92. The van der Waals surface area contributed by atoms with Gasteiger partial charge >= 0.3 is 0 Å². The summed E-state index contributed by atoms with van der Waals surface area (Å²) >= 11 is 0. The van der Waals surface area contributed by atoms with Crippen LogP contribution in [-0.2, 0) is 27.2 Å². The van der Waals surface area contributed by atoms with Crippen LogP contribution in [0.1, 0.15) is 35.4 Å². The van der Waals surface area contributed by atoms with E-state index in [1.807, 2.05) is 60.7 Å². The van der Waals surface area contributed by atoms with E-state index in [1.165, 1.54) is 5.56 Å². The first-order valence-electron chi connectivity index (χ1n) is 12.7. The van der Waals surface area contributed by atoms with Gasteiger partial charge in [0, 0.05) is 36.1 Å². The van der Waals surface area contributed by atoms with E-state index < -0.39 is 6.10 Å². The van der Waals surface area contributed by atoms with Crippen LogP contribution in [0, 0.1) is 0 Å². The number of aliphatic hydroxyl groups is 1. The monoisotopic (exact) mass is 501 g/mol. The summed E-state index contributed by atoms with van der Waals surface area (Å²) in [5.74, 6) is 0.483. The highest BCUT2D eigenvalue weighted by atomic mass is 16.6. The normalized spacial score (nSPS) is 21.9. The van der Waals surface area contributed by atoms with Gasteiger partial charge in [0.1, 0.15) is 18.0 Å². The molecule has 8 nitrogen and oxygen atoms in total. The Kier molecular flexibility index (Phi) is 7.77. The van der Waals surface area contributed by atoms with E-state index in [-0.39, 0.29) is 49.4 Å². The Morgan fingerprint density at radius 3 is 2.59 bits per heavy atom. The fourth-order valence-electron chi connectivity index (χ4n) is 5.13. The standard InChI is InChI=1S/C29H31N3O5/c33-18-26-29-24(16-22(36-26)17-27(34)31-13-10-19-4-2-1-3-5-19)23-15-21(6-7-25(23)37-29)32-28(35)14-20-8-11-30-12-9-20/h1-9,11-12,15,22,24,26,29,33H,10,13-14,16-18H2,(H,31,34)(H,32,35)/t22-,24+,26-,29-/m0/s1. The number of pyridine rings is 1. The number of nitrogens with zero attached hydrogens (tertiary/aromatic N) is 1. The second kappa shape index (κ2) is 11.5. The molecule has 5 rings (SSSR count). The zero-order valence-corrected chi connectivity index (χ0v) is 20.5. The van der Waals surface area contributed by atoms with Crippen molar-refractivity contribution in [2.75, 3.05) is 18.5 Å². The first kappa shape index (κ1) is 24.9. The molecule has 3 aromatic rings. The van der Waals surface area contributed by atoms with Gasteiger partial charge in [-0.25, -0.2) is 0 Å². The van der Waals surface area contributed by atoms with Crippen molar-refractivity contribution in [1.29, 1.82) is 0 Å². The van der Waals surface area contributed by atoms with Crippen molar-refractivity contribution in [3.05, 3.63) is 89.7 Å². The number of hydrogen-bond acceptors (Lipinski definition) is 6. The van der Waals surface area contributed by atoms with Crippen LogP contribution in [0.3, 0.4) is 0 Å². The molecule has 0 unspecified atom stereocenters. The molecule has 8 heteroatoms. The molecular formula is C29H31N3O5. The number of amides is 2. The molecule has 2 aliphatic heterocycles. The van der Waals surface area contributed by atoms with Gasteiger partial charge in [-0.15, -0.1) is 0 Å². The number of nitrogens with one attached hydrogen (secondary N) is 2. The smallest absolute Gasteiger partial charge is 0.228 e. The van der Waals surface area contributed by atoms with E-state index in [9.17, 15) is 14.7 Å². The summed E-state index contributed by atoms with van der Waals surface area (Å²) in [6.07, 6.45) is 3.95. The van der Waals surface area contributed by atoms with Crippen LogP contribution in [0.4, 0.5) is 5.69 Å². The molecule has 4 atom stereocenters. The largest absolute Gasteiger partial charge is 0.487 e. The van der Waals surface area contributed by atoms with E-state index in [4.69, 9.17) is 9.47 Å². The molecule has 3 heterocycles. The Balaban J connectivity index is 1.20. The zero-order valence-electron chi connectivity index (χ0n) is 20.5. The van der Waals surface area contributed by atoms with Gasteiger partial charge in [-0.1, -0.05) is 30.3 Å². The number of rotatable bonds is 9. The zero-order chi connectivity index (χ0) is 25.6. The summed E-state index contributed by atoms with van der Waals surface area (Å²) in [6, 6.07) is 19.2. The van der Waals surface area contributed by atoms with Gasteiger partial charge in [0.2, 0.25) is 11.8 Å². The molecule has 37 heavy (non-hydrogen) atoms. The summed E-state index contributed by atoms with van der Waals surface area (Å²) in [6.45, 7) is 0.357. The summed E-state index contributed by atoms with van der Waals surface area (Å²) in [5, 5.41) is 15.9. The number of hydrogen-bond donors (Lipinski definition) is 3. The van der Waals surface area contributed by atoms with Gasteiger partial charge in [-0.2, -0.15) is 0 Å². The summed E-state index contributed by atoms with van der Waals surface area (Å²) in [7, 11) is 0. The lowest BCUT2D eigenvalue weighted by molar-refractivity contribution is -0.142. The number of carbonyl (C=O) groups excluding carboxylic acids is 2. The average molecular weight is 502 g/mol. The number of carbonyl (C=O) groups is 2. The van der Waals surface area contributed by atoms with Crippen LogP contribution in [0.5, 0.6) is 5.75 Å². The van der Waals surface area contributed by atoms with Gasteiger partial charge in [0.05, 0.1) is 25.6 Å². The minimum absolute atomic E-state index is 0.0416. The number of aromatic nitrogens is 1. The minimum atomic E-state index is -0.530. The Bertz CT molecular complexity index is 1220. The van der Waals surface area contributed by atoms with E-state index in [2.05, 4.69) is 15.6 Å². The minimum Gasteiger partial charge on any atom is -0.487 e. The molecular weight excluding hydrogens is 470 g/mol. The molecule has 2 aliphatic rings. The maximum absolute atomic E-state index is 12.6. The Morgan fingerprint density at radius 2 is 1.81 bits per heavy atom. The maximum atomic E-state index is 12.6. The molecule has 3 N–H and O–H groups in total. The lowest BCUT2D eigenvalue weighted by atomic mass is 9.84. The van der Waals surface area contributed by atoms with E-state index in [0.29, 0.717) is 18.7 Å². The van der Waals surface area contributed by atoms with Gasteiger partial charge in [-0.05, 0) is 54.3 Å². The highest BCUT2D eigenvalue weighted by Gasteiger charge is 2.46. The quantitative estimate of drug-likeness (QED) is 0.416. The van der Waals surface area contributed by atoms with Gasteiger partial charge in [0.25, 0.3) is 0 Å². The van der Waals surface area contributed by atoms with Crippen molar-refractivity contribution in [1.82, 2.24) is 10.3 Å². The molecule has 192 valence electrons. The van der Waals surface area contributed by atoms with Gasteiger partial charge in [-0.3, -0.25) is 14.6 Å². The van der Waals surface area contributed by atoms with E-state index in [1.54, 1.807) is 12.4 Å². The van der Waals surface area contributed by atoms with Crippen LogP contribution < -0.4 is 15.4 Å². The fraction of sp³-hybridized carbons (Fsp3) is 0.345. The first-order valence-corrected chi connectivity index (χ1v) is 12.7. The Labute approximate surface area is 216 Å². The molecule has 1 aromatic heterocycles. The van der Waals surface area contributed by atoms with Gasteiger partial charge < -0.3 is 25.2 Å². The lowest BCUT2D eigenvalue weighted by Gasteiger charge is -2.37. The predicted octanol–water partition coefficient (Wildman–Crippen LogP) is 3.01. The predicted molar refractivity (Wildman–Crippen MR) is 138 cm³/mol. The molecule has 0 bridgehead atoms.